The summed E-state index contributed by atoms with van der Waals surface area (Å²) in [6.07, 6.45) is 5.01. The molecular formula is C14H28N2O2. The van der Waals surface area contributed by atoms with Crippen molar-refractivity contribution in [1.82, 2.24) is 10.2 Å². The van der Waals surface area contributed by atoms with Crippen molar-refractivity contribution < 1.29 is 9.53 Å². The number of morpholine rings is 1. The molecule has 0 aromatic heterocycles. The number of amides is 1. The number of hydrogen-bond acceptors (Lipinski definition) is 3. The first-order chi connectivity index (χ1) is 8.61. The molecule has 4 heteroatoms. The molecule has 1 aliphatic rings. The van der Waals surface area contributed by atoms with Crippen LogP contribution in [0.25, 0.3) is 0 Å². The second-order valence-electron chi connectivity index (χ2n) is 5.38. The maximum atomic E-state index is 11.9. The van der Waals surface area contributed by atoms with Crippen LogP contribution in [0.3, 0.4) is 0 Å². The smallest absolute Gasteiger partial charge is 0.234 e. The standard InChI is InChI=1S/C14H28N2O2/c1-4-5-6-7-12(2)15-14(17)11-16-8-9-18-13(3)10-16/h12-13H,4-11H2,1-3H3,(H,15,17). The topological polar surface area (TPSA) is 41.6 Å². The molecule has 1 rings (SSSR count). The van der Waals surface area contributed by atoms with Crippen molar-refractivity contribution in [3.63, 3.8) is 0 Å². The van der Waals surface area contributed by atoms with Crippen molar-refractivity contribution in [3.8, 4) is 0 Å². The first-order valence-electron chi connectivity index (χ1n) is 7.25. The number of nitrogens with one attached hydrogen (secondary N) is 1. The quantitative estimate of drug-likeness (QED) is 0.706. The summed E-state index contributed by atoms with van der Waals surface area (Å²) in [6, 6.07) is 0.294. The molecule has 0 bridgehead atoms. The Hall–Kier alpha value is -0.610. The fourth-order valence-corrected chi connectivity index (χ4v) is 2.33. The van der Waals surface area contributed by atoms with Crippen LogP contribution >= 0.6 is 0 Å². The number of nitrogens with zero attached hydrogens (tertiary/aromatic N) is 1. The molecule has 1 aliphatic heterocycles. The lowest BCUT2D eigenvalue weighted by Gasteiger charge is -2.30. The predicted octanol–water partition coefficient (Wildman–Crippen LogP) is 1.79. The van der Waals surface area contributed by atoms with Gasteiger partial charge in [0.25, 0.3) is 0 Å². The zero-order chi connectivity index (χ0) is 13.4. The van der Waals surface area contributed by atoms with Crippen molar-refractivity contribution >= 4 is 5.91 Å². The number of hydrogen-bond donors (Lipinski definition) is 1. The Morgan fingerprint density at radius 2 is 2.28 bits per heavy atom. The highest BCUT2D eigenvalue weighted by Gasteiger charge is 2.19. The largest absolute Gasteiger partial charge is 0.376 e. The van der Waals surface area contributed by atoms with Gasteiger partial charge in [-0.05, 0) is 20.3 Å². The molecule has 2 atom stereocenters. The molecular weight excluding hydrogens is 228 g/mol. The summed E-state index contributed by atoms with van der Waals surface area (Å²) < 4.78 is 5.46. The van der Waals surface area contributed by atoms with E-state index < -0.39 is 0 Å². The molecule has 0 saturated carbocycles. The van der Waals surface area contributed by atoms with Crippen molar-refractivity contribution in [2.45, 2.75) is 58.6 Å². The molecule has 0 aromatic rings. The Bertz CT molecular complexity index is 246. The zero-order valence-electron chi connectivity index (χ0n) is 12.1. The van der Waals surface area contributed by atoms with E-state index >= 15 is 0 Å². The Labute approximate surface area is 111 Å². The maximum absolute atomic E-state index is 11.9. The van der Waals surface area contributed by atoms with Crippen LogP contribution < -0.4 is 5.32 Å². The third kappa shape index (κ3) is 6.36. The van der Waals surface area contributed by atoms with E-state index in [2.05, 4.69) is 31.0 Å². The molecule has 0 radical (unpaired) electrons. The third-order valence-corrected chi connectivity index (χ3v) is 3.34. The van der Waals surface area contributed by atoms with Gasteiger partial charge in [-0.15, -0.1) is 0 Å². The fourth-order valence-electron chi connectivity index (χ4n) is 2.33. The van der Waals surface area contributed by atoms with Crippen LogP contribution in [-0.2, 0) is 9.53 Å². The molecule has 0 aromatic carbocycles. The molecule has 2 unspecified atom stereocenters. The molecule has 1 N–H and O–H groups in total. The Balaban J connectivity index is 2.15. The zero-order valence-corrected chi connectivity index (χ0v) is 12.1. The monoisotopic (exact) mass is 256 g/mol. The predicted molar refractivity (Wildman–Crippen MR) is 73.6 cm³/mol. The van der Waals surface area contributed by atoms with E-state index in [9.17, 15) is 4.79 Å². The van der Waals surface area contributed by atoms with Gasteiger partial charge >= 0.3 is 0 Å². The SMILES string of the molecule is CCCCCC(C)NC(=O)CN1CCOC(C)C1. The lowest BCUT2D eigenvalue weighted by molar-refractivity contribution is -0.124. The van der Waals surface area contributed by atoms with Gasteiger partial charge < -0.3 is 10.1 Å². The normalized spacial score (nSPS) is 22.7. The molecule has 0 aliphatic carbocycles. The van der Waals surface area contributed by atoms with Gasteiger partial charge in [-0.1, -0.05) is 26.2 Å². The van der Waals surface area contributed by atoms with E-state index in [1.165, 1.54) is 19.3 Å². The lowest BCUT2D eigenvalue weighted by atomic mass is 10.1. The number of unbranched alkanes of at least 4 members (excludes halogenated alkanes) is 2. The van der Waals surface area contributed by atoms with E-state index in [1.54, 1.807) is 0 Å². The summed E-state index contributed by atoms with van der Waals surface area (Å²) in [5.41, 5.74) is 0. The van der Waals surface area contributed by atoms with Crippen molar-refractivity contribution in [2.24, 2.45) is 0 Å². The van der Waals surface area contributed by atoms with Crippen molar-refractivity contribution in [3.05, 3.63) is 0 Å². The summed E-state index contributed by atoms with van der Waals surface area (Å²) in [4.78, 5) is 14.0. The minimum Gasteiger partial charge on any atom is -0.376 e. The Morgan fingerprint density at radius 3 is 2.94 bits per heavy atom. The molecule has 1 saturated heterocycles. The van der Waals surface area contributed by atoms with Gasteiger partial charge in [-0.2, -0.15) is 0 Å². The van der Waals surface area contributed by atoms with E-state index in [0.717, 1.165) is 26.1 Å². The summed E-state index contributed by atoms with van der Waals surface area (Å²) in [6.45, 7) is 9.31. The second kappa shape index (κ2) is 8.48. The first-order valence-corrected chi connectivity index (χ1v) is 7.25. The van der Waals surface area contributed by atoms with Crippen molar-refractivity contribution in [1.29, 1.82) is 0 Å². The number of rotatable bonds is 7. The van der Waals surface area contributed by atoms with Crippen LogP contribution in [0.15, 0.2) is 0 Å². The van der Waals surface area contributed by atoms with Gasteiger partial charge in [0.2, 0.25) is 5.91 Å². The summed E-state index contributed by atoms with van der Waals surface area (Å²) in [5, 5.41) is 3.08. The number of carbonyl (C=O) groups excluding carboxylic acids is 1. The average molecular weight is 256 g/mol. The second-order valence-corrected chi connectivity index (χ2v) is 5.38. The highest BCUT2D eigenvalue weighted by molar-refractivity contribution is 5.78. The van der Waals surface area contributed by atoms with Crippen LogP contribution in [-0.4, -0.2) is 49.2 Å². The van der Waals surface area contributed by atoms with E-state index in [4.69, 9.17) is 4.74 Å². The fraction of sp³-hybridized carbons (Fsp3) is 0.929. The lowest BCUT2D eigenvalue weighted by Crippen LogP contribution is -2.47. The van der Waals surface area contributed by atoms with Crippen LogP contribution in [0.5, 0.6) is 0 Å². The highest BCUT2D eigenvalue weighted by Crippen LogP contribution is 2.05. The number of ether oxygens (including phenoxy) is 1. The molecule has 0 spiro atoms. The van der Waals surface area contributed by atoms with Crippen LogP contribution in [0.4, 0.5) is 0 Å². The highest BCUT2D eigenvalue weighted by atomic mass is 16.5. The Kier molecular flexibility index (Phi) is 7.28. The summed E-state index contributed by atoms with van der Waals surface area (Å²) >= 11 is 0. The maximum Gasteiger partial charge on any atom is 0.234 e. The minimum atomic E-state index is 0.146. The van der Waals surface area contributed by atoms with Gasteiger partial charge in [0.05, 0.1) is 19.3 Å². The van der Waals surface area contributed by atoms with Gasteiger partial charge in [-0.25, -0.2) is 0 Å². The van der Waals surface area contributed by atoms with Crippen LogP contribution in [0.1, 0.15) is 46.5 Å². The molecule has 1 amide bonds. The van der Waals surface area contributed by atoms with Gasteiger partial charge in [0.1, 0.15) is 0 Å². The minimum absolute atomic E-state index is 0.146. The molecule has 18 heavy (non-hydrogen) atoms. The van der Waals surface area contributed by atoms with Crippen LogP contribution in [0, 0.1) is 0 Å². The van der Waals surface area contributed by atoms with Gasteiger partial charge in [0, 0.05) is 19.1 Å². The van der Waals surface area contributed by atoms with E-state index in [0.29, 0.717) is 12.6 Å². The molecule has 106 valence electrons. The van der Waals surface area contributed by atoms with E-state index in [1.807, 2.05) is 0 Å². The van der Waals surface area contributed by atoms with Crippen LogP contribution in [0.2, 0.25) is 0 Å². The van der Waals surface area contributed by atoms with Gasteiger partial charge in [-0.3, -0.25) is 9.69 Å². The summed E-state index contributed by atoms with van der Waals surface area (Å²) in [5.74, 6) is 0.146. The molecule has 1 fully saturated rings. The Morgan fingerprint density at radius 1 is 1.50 bits per heavy atom. The third-order valence-electron chi connectivity index (χ3n) is 3.34. The average Bonchev–Trinajstić information content (AvgIpc) is 2.29. The summed E-state index contributed by atoms with van der Waals surface area (Å²) in [7, 11) is 0. The molecule has 4 nitrogen and oxygen atoms in total. The van der Waals surface area contributed by atoms with E-state index in [-0.39, 0.29) is 12.0 Å². The van der Waals surface area contributed by atoms with Gasteiger partial charge in [0.15, 0.2) is 0 Å². The van der Waals surface area contributed by atoms with Crippen molar-refractivity contribution in [2.75, 3.05) is 26.2 Å². The number of carbonyl (C=O) groups is 1. The first kappa shape index (κ1) is 15.4. The molecule has 1 heterocycles.